The number of rotatable bonds is 2. The molecule has 0 spiro atoms. The van der Waals surface area contributed by atoms with Crippen LogP contribution >= 0.6 is 0 Å². The van der Waals surface area contributed by atoms with E-state index in [1.165, 1.54) is 66.8 Å². The number of aromatic nitrogens is 2. The third kappa shape index (κ3) is 3.87. The second-order valence-electron chi connectivity index (χ2n) is 11.0. The van der Waals surface area contributed by atoms with Crippen molar-refractivity contribution < 1.29 is 4.57 Å². The van der Waals surface area contributed by atoms with Gasteiger partial charge >= 0.3 is 0 Å². The summed E-state index contributed by atoms with van der Waals surface area (Å²) in [6.45, 7) is 6.53. The van der Waals surface area contributed by atoms with E-state index in [0.717, 1.165) is 17.0 Å². The second kappa shape index (κ2) is 9.43. The molecule has 40 heavy (non-hydrogen) atoms. The third-order valence-corrected chi connectivity index (χ3v) is 8.13. The molecule has 1 aromatic heterocycles. The van der Waals surface area contributed by atoms with Crippen molar-refractivity contribution in [3.05, 3.63) is 132 Å². The lowest BCUT2D eigenvalue weighted by molar-refractivity contribution is -0.663. The summed E-state index contributed by atoms with van der Waals surface area (Å²) < 4.78 is 2.16. The zero-order chi connectivity index (χ0) is 27.4. The Labute approximate surface area is 236 Å². The molecule has 7 rings (SSSR count). The van der Waals surface area contributed by atoms with Crippen LogP contribution in [0.25, 0.3) is 67.0 Å². The minimum atomic E-state index is 0.988. The molecule has 192 valence electrons. The van der Waals surface area contributed by atoms with Crippen molar-refractivity contribution in [1.29, 1.82) is 0 Å². The highest BCUT2D eigenvalue weighted by atomic mass is 15.0. The molecule has 0 fully saturated rings. The fourth-order valence-corrected chi connectivity index (χ4v) is 6.39. The van der Waals surface area contributed by atoms with Crippen LogP contribution in [0, 0.1) is 20.8 Å². The maximum Gasteiger partial charge on any atom is 0.287 e. The van der Waals surface area contributed by atoms with Crippen LogP contribution in [0.2, 0.25) is 0 Å². The van der Waals surface area contributed by atoms with Crippen LogP contribution < -0.4 is 4.57 Å². The van der Waals surface area contributed by atoms with Crippen LogP contribution in [-0.4, -0.2) is 4.98 Å². The lowest BCUT2D eigenvalue weighted by Crippen LogP contribution is -2.32. The SMILES string of the molecule is Cc1cc(C)cc(-c2cc(-c3c(C)ccc4c3-c3ccccc3-c3ccccc3-c3ccccc3-4)[n+](C)cn2)c1. The summed E-state index contributed by atoms with van der Waals surface area (Å²) in [6.07, 6.45) is 1.96. The van der Waals surface area contributed by atoms with Gasteiger partial charge in [0.2, 0.25) is 0 Å². The number of aryl methyl sites for hydroxylation is 4. The molecule has 1 heterocycles. The molecule has 0 saturated heterocycles. The Bertz CT molecular complexity index is 1920. The largest absolute Gasteiger partial charge is 0.287 e. The van der Waals surface area contributed by atoms with Gasteiger partial charge in [0.15, 0.2) is 5.69 Å². The third-order valence-electron chi connectivity index (χ3n) is 8.13. The molecule has 0 bridgehead atoms. The van der Waals surface area contributed by atoms with Crippen molar-refractivity contribution in [2.75, 3.05) is 0 Å². The predicted molar refractivity (Wildman–Crippen MR) is 166 cm³/mol. The van der Waals surface area contributed by atoms with E-state index in [0.29, 0.717) is 0 Å². The quantitative estimate of drug-likeness (QED) is 0.210. The van der Waals surface area contributed by atoms with Crippen LogP contribution in [0.15, 0.2) is 116 Å². The first-order valence-corrected chi connectivity index (χ1v) is 13.9. The first-order chi connectivity index (χ1) is 19.5. The van der Waals surface area contributed by atoms with Gasteiger partial charge in [0.25, 0.3) is 6.33 Å². The Hall–Kier alpha value is -4.82. The molecule has 0 aliphatic heterocycles. The van der Waals surface area contributed by atoms with Crippen molar-refractivity contribution in [2.24, 2.45) is 7.05 Å². The highest BCUT2D eigenvalue weighted by Gasteiger charge is 2.27. The number of fused-ring (bicyclic) bond motifs is 8. The van der Waals surface area contributed by atoms with E-state index in [1.807, 2.05) is 6.33 Å². The summed E-state index contributed by atoms with van der Waals surface area (Å²) in [7, 11) is 2.10. The summed E-state index contributed by atoms with van der Waals surface area (Å²) in [6, 6.07) is 40.0. The first-order valence-electron chi connectivity index (χ1n) is 13.9. The average molecular weight is 516 g/mol. The molecule has 2 heteroatoms. The van der Waals surface area contributed by atoms with Gasteiger partial charge in [-0.05, 0) is 82.4 Å². The summed E-state index contributed by atoms with van der Waals surface area (Å²) >= 11 is 0. The summed E-state index contributed by atoms with van der Waals surface area (Å²) in [5, 5.41) is 0. The summed E-state index contributed by atoms with van der Waals surface area (Å²) in [5.74, 6) is 0. The molecule has 0 saturated carbocycles. The molecule has 5 aromatic carbocycles. The Morgan fingerprint density at radius 2 is 1.00 bits per heavy atom. The molecule has 0 radical (unpaired) electrons. The predicted octanol–water partition coefficient (Wildman–Crippen LogP) is 9.15. The molecule has 0 amide bonds. The number of hydrogen-bond donors (Lipinski definition) is 0. The second-order valence-corrected chi connectivity index (χ2v) is 11.0. The van der Waals surface area contributed by atoms with Crippen LogP contribution in [0.4, 0.5) is 0 Å². The van der Waals surface area contributed by atoms with E-state index < -0.39 is 0 Å². The van der Waals surface area contributed by atoms with Gasteiger partial charge < -0.3 is 0 Å². The van der Waals surface area contributed by atoms with Gasteiger partial charge in [-0.15, -0.1) is 0 Å². The van der Waals surface area contributed by atoms with E-state index >= 15 is 0 Å². The molecule has 0 atom stereocenters. The van der Waals surface area contributed by atoms with E-state index in [1.54, 1.807) is 0 Å². The van der Waals surface area contributed by atoms with Gasteiger partial charge in [-0.2, -0.15) is 0 Å². The Kier molecular flexibility index (Phi) is 5.71. The molecule has 2 nitrogen and oxygen atoms in total. The molecule has 0 unspecified atom stereocenters. The number of benzene rings is 5. The maximum absolute atomic E-state index is 4.87. The molecule has 1 aliphatic carbocycles. The van der Waals surface area contributed by atoms with E-state index in [9.17, 15) is 0 Å². The van der Waals surface area contributed by atoms with Gasteiger partial charge in [-0.1, -0.05) is 102 Å². The zero-order valence-electron chi connectivity index (χ0n) is 23.4. The molecule has 0 N–H and O–H groups in total. The van der Waals surface area contributed by atoms with Gasteiger partial charge in [0.1, 0.15) is 5.69 Å². The van der Waals surface area contributed by atoms with Crippen molar-refractivity contribution in [1.82, 2.24) is 4.98 Å². The zero-order valence-corrected chi connectivity index (χ0v) is 23.4. The van der Waals surface area contributed by atoms with Crippen LogP contribution in [0.1, 0.15) is 16.7 Å². The maximum atomic E-state index is 4.87. The van der Waals surface area contributed by atoms with Crippen LogP contribution in [0.5, 0.6) is 0 Å². The number of nitrogens with zero attached hydrogens (tertiary/aromatic N) is 2. The number of hydrogen-bond acceptors (Lipinski definition) is 1. The molecular formula is C38H31N2+. The van der Waals surface area contributed by atoms with Crippen molar-refractivity contribution in [3.63, 3.8) is 0 Å². The fraction of sp³-hybridized carbons (Fsp3) is 0.105. The van der Waals surface area contributed by atoms with Gasteiger partial charge in [0.05, 0.1) is 7.05 Å². The Morgan fingerprint density at radius 1 is 0.500 bits per heavy atom. The lowest BCUT2D eigenvalue weighted by atomic mass is 9.78. The highest BCUT2D eigenvalue weighted by Crippen LogP contribution is 2.50. The fourth-order valence-electron chi connectivity index (χ4n) is 6.39. The van der Waals surface area contributed by atoms with E-state index in [2.05, 4.69) is 142 Å². The Morgan fingerprint density at radius 3 is 1.57 bits per heavy atom. The van der Waals surface area contributed by atoms with Gasteiger partial charge in [0, 0.05) is 22.8 Å². The smallest absolute Gasteiger partial charge is 0.232 e. The van der Waals surface area contributed by atoms with Crippen molar-refractivity contribution in [3.8, 4) is 67.0 Å². The molecular weight excluding hydrogens is 484 g/mol. The summed E-state index contributed by atoms with van der Waals surface area (Å²) in [4.78, 5) is 4.87. The molecule has 1 aliphatic rings. The standard InChI is InChI=1S/C38H31N2/c1-24-19-25(2)21-27(20-24)35-22-36(40(4)23-39-35)37-26(3)17-18-34-32-15-8-7-13-30(32)28-11-5-6-12-29(28)31-14-9-10-16-33(31)38(34)37/h5-23H,1-4H3/q+1. The first kappa shape index (κ1) is 24.2. The monoisotopic (exact) mass is 515 g/mol. The van der Waals surface area contributed by atoms with E-state index in [4.69, 9.17) is 4.98 Å². The lowest BCUT2D eigenvalue weighted by Gasteiger charge is -2.25. The van der Waals surface area contributed by atoms with Crippen molar-refractivity contribution in [2.45, 2.75) is 20.8 Å². The highest BCUT2D eigenvalue weighted by molar-refractivity contribution is 6.07. The van der Waals surface area contributed by atoms with Crippen molar-refractivity contribution >= 4 is 0 Å². The Balaban J connectivity index is 1.59. The molecule has 6 aromatic rings. The van der Waals surface area contributed by atoms with Gasteiger partial charge in [-0.3, -0.25) is 0 Å². The minimum Gasteiger partial charge on any atom is -0.232 e. The average Bonchev–Trinajstić information content (AvgIpc) is 2.96. The minimum absolute atomic E-state index is 0.988. The van der Waals surface area contributed by atoms with Gasteiger partial charge in [-0.25, -0.2) is 4.57 Å². The topological polar surface area (TPSA) is 16.8 Å². The van der Waals surface area contributed by atoms with Crippen LogP contribution in [0.3, 0.4) is 0 Å². The normalized spacial score (nSPS) is 11.5. The van der Waals surface area contributed by atoms with E-state index in [-0.39, 0.29) is 0 Å². The summed E-state index contributed by atoms with van der Waals surface area (Å²) in [5.41, 5.74) is 18.4. The van der Waals surface area contributed by atoms with Crippen LogP contribution in [-0.2, 0) is 7.05 Å².